The topological polar surface area (TPSA) is 302 Å². The minimum absolute atomic E-state index is 0.0111. The number of phosphoric ester groups is 1. The summed E-state index contributed by atoms with van der Waals surface area (Å²) >= 11 is 12.6. The number of aromatic hydroxyl groups is 3. The lowest BCUT2D eigenvalue weighted by atomic mass is 10.0. The molecule has 6 N–H and O–H groups in total. The fraction of sp³-hybridized carbons (Fsp3) is 0.368. The lowest BCUT2D eigenvalue weighted by Gasteiger charge is -2.21. The van der Waals surface area contributed by atoms with Crippen LogP contribution in [0, 0.1) is 5.92 Å². The number of phosphoric acid groups is 1. The van der Waals surface area contributed by atoms with Gasteiger partial charge in [0.25, 0.3) is 11.5 Å². The number of methoxy groups -OCH3 is 1. The number of halogens is 2. The number of carbonyl (C=O) groups is 3. The van der Waals surface area contributed by atoms with Crippen molar-refractivity contribution in [2.45, 2.75) is 64.2 Å². The minimum Gasteiger partial charge on any atom is -0.507 e. The van der Waals surface area contributed by atoms with Crippen LogP contribution >= 0.6 is 31.0 Å². The molecule has 3 aromatic carbocycles. The van der Waals surface area contributed by atoms with Gasteiger partial charge in [-0.05, 0) is 23.6 Å². The van der Waals surface area contributed by atoms with Crippen LogP contribution < -0.4 is 21.3 Å². The van der Waals surface area contributed by atoms with E-state index in [2.05, 4.69) is 15.5 Å². The molecule has 2 aliphatic rings. The fourth-order valence-corrected chi connectivity index (χ4v) is 7.87. The number of hydrogen-bond acceptors (Lipinski definition) is 18. The summed E-state index contributed by atoms with van der Waals surface area (Å²) in [5.41, 5.74) is -2.15. The lowest BCUT2D eigenvalue weighted by molar-refractivity contribution is -0.212. The highest BCUT2D eigenvalue weighted by Crippen LogP contribution is 2.46. The zero-order chi connectivity index (χ0) is 45.7. The maximum absolute atomic E-state index is 13.2. The quantitative estimate of drug-likeness (QED) is 0.0404. The van der Waals surface area contributed by atoms with Crippen LogP contribution in [0.2, 0.25) is 10.0 Å². The zero-order valence-corrected chi connectivity index (χ0v) is 35.6. The first-order valence-electron chi connectivity index (χ1n) is 18.6. The molecule has 7 atom stereocenters. The number of phenols is 3. The minimum atomic E-state index is -4.95. The number of fused-ring (bicyclic) bond motifs is 1. The van der Waals surface area contributed by atoms with Crippen molar-refractivity contribution in [1.82, 2.24) is 14.9 Å². The highest BCUT2D eigenvalue weighted by molar-refractivity contribution is 7.47. The number of rotatable bonds is 16. The van der Waals surface area contributed by atoms with Gasteiger partial charge in [-0.1, -0.05) is 40.5 Å². The van der Waals surface area contributed by atoms with E-state index in [9.17, 15) is 48.8 Å². The molecular weight excluding hydrogens is 902 g/mol. The van der Waals surface area contributed by atoms with Crippen LogP contribution in [0.25, 0.3) is 10.8 Å². The van der Waals surface area contributed by atoms with E-state index in [-0.39, 0.29) is 56.5 Å². The van der Waals surface area contributed by atoms with Gasteiger partial charge in [-0.3, -0.25) is 37.8 Å². The van der Waals surface area contributed by atoms with Crippen molar-refractivity contribution in [2.75, 3.05) is 20.3 Å². The third-order valence-corrected chi connectivity index (χ3v) is 11.2. The largest absolute Gasteiger partial charge is 0.507 e. The lowest BCUT2D eigenvalue weighted by Crippen LogP contribution is -2.36. The molecule has 338 valence electrons. The molecule has 25 heteroatoms. The first-order chi connectivity index (χ1) is 29.8. The van der Waals surface area contributed by atoms with Crippen LogP contribution in [0.4, 0.5) is 0 Å². The Morgan fingerprint density at radius 2 is 1.75 bits per heavy atom. The molecule has 0 aliphatic carbocycles. The smallest absolute Gasteiger partial charge is 0.472 e. The summed E-state index contributed by atoms with van der Waals surface area (Å²) in [5.74, 6) is -4.11. The van der Waals surface area contributed by atoms with Crippen LogP contribution in [0.5, 0.6) is 23.0 Å². The summed E-state index contributed by atoms with van der Waals surface area (Å²) in [5, 5.41) is 38.1. The molecule has 4 aromatic rings. The van der Waals surface area contributed by atoms with Gasteiger partial charge in [0.05, 0.1) is 60.2 Å². The second kappa shape index (κ2) is 19.8. The number of phenolic OH excluding ortho intramolecular Hbond substituents is 3. The number of amides is 1. The SMILES string of the molecule is COc1cc(Cl)c(/C=N/OC2C[C@H](n3cc(CNC(=O)c4cc5c(O)cccc5cc4O)c(=O)[nH]c3=O)O[C@@H]2COP(=O)(O)OCC2C[C@H](OC(C)=O)O[C@@H]2OC(C)=O)c(Cl)c1O. The number of nitrogens with one attached hydrogen (secondary N) is 2. The van der Waals surface area contributed by atoms with Crippen molar-refractivity contribution >= 4 is 65.9 Å². The number of aromatic amines is 1. The Morgan fingerprint density at radius 1 is 1.02 bits per heavy atom. The number of esters is 2. The van der Waals surface area contributed by atoms with Gasteiger partial charge in [0.1, 0.15) is 23.8 Å². The molecule has 2 fully saturated rings. The summed E-state index contributed by atoms with van der Waals surface area (Å²) in [6.07, 6.45) is -4.26. The molecule has 0 bridgehead atoms. The molecule has 3 heterocycles. The average Bonchev–Trinajstić information content (AvgIpc) is 3.80. The van der Waals surface area contributed by atoms with E-state index in [1.54, 1.807) is 12.1 Å². The maximum atomic E-state index is 13.2. The van der Waals surface area contributed by atoms with Crippen molar-refractivity contribution in [3.8, 4) is 23.0 Å². The second-order valence-electron chi connectivity index (χ2n) is 14.0. The Bertz CT molecular complexity index is 2610. The third-order valence-electron chi connectivity index (χ3n) is 9.58. The molecule has 1 aromatic heterocycles. The van der Waals surface area contributed by atoms with Crippen molar-refractivity contribution < 1.29 is 76.7 Å². The van der Waals surface area contributed by atoms with Gasteiger partial charge in [0.2, 0.25) is 12.6 Å². The van der Waals surface area contributed by atoms with Gasteiger partial charge in [0, 0.05) is 49.9 Å². The molecule has 0 saturated carbocycles. The van der Waals surface area contributed by atoms with Crippen molar-refractivity contribution in [3.63, 3.8) is 0 Å². The van der Waals surface area contributed by atoms with Crippen LogP contribution in [-0.2, 0) is 53.5 Å². The van der Waals surface area contributed by atoms with Crippen LogP contribution in [-0.4, -0.2) is 98.9 Å². The first kappa shape index (κ1) is 46.8. The molecule has 6 rings (SSSR count). The molecular formula is C38H39Cl2N4O18P. The molecule has 1 amide bonds. The first-order valence-corrected chi connectivity index (χ1v) is 20.9. The molecule has 3 unspecified atom stereocenters. The molecule has 2 aliphatic heterocycles. The summed E-state index contributed by atoms with van der Waals surface area (Å²) in [6.45, 7) is 0.495. The summed E-state index contributed by atoms with van der Waals surface area (Å²) in [4.78, 5) is 80.7. The second-order valence-corrected chi connectivity index (χ2v) is 16.2. The van der Waals surface area contributed by atoms with Gasteiger partial charge < -0.3 is 54.1 Å². The van der Waals surface area contributed by atoms with E-state index >= 15 is 0 Å². The number of ether oxygens (including phenoxy) is 5. The van der Waals surface area contributed by atoms with Gasteiger partial charge in [0.15, 0.2) is 17.6 Å². The molecule has 0 spiro atoms. The molecule has 0 radical (unpaired) electrons. The summed E-state index contributed by atoms with van der Waals surface area (Å²) in [6, 6.07) is 8.42. The highest BCUT2D eigenvalue weighted by atomic mass is 35.5. The predicted octanol–water partition coefficient (Wildman–Crippen LogP) is 3.71. The van der Waals surface area contributed by atoms with E-state index in [1.165, 1.54) is 31.4 Å². The van der Waals surface area contributed by atoms with Crippen LogP contribution in [0.3, 0.4) is 0 Å². The Morgan fingerprint density at radius 3 is 2.46 bits per heavy atom. The monoisotopic (exact) mass is 940 g/mol. The van der Waals surface area contributed by atoms with Gasteiger partial charge in [-0.25, -0.2) is 9.36 Å². The van der Waals surface area contributed by atoms with Crippen molar-refractivity contribution in [2.24, 2.45) is 11.1 Å². The van der Waals surface area contributed by atoms with E-state index < -0.39 is 105 Å². The van der Waals surface area contributed by atoms with E-state index in [0.29, 0.717) is 5.39 Å². The number of H-pyrrole nitrogens is 1. The molecule has 63 heavy (non-hydrogen) atoms. The van der Waals surface area contributed by atoms with Gasteiger partial charge in [-0.15, -0.1) is 0 Å². The Labute approximate surface area is 365 Å². The number of hydrogen-bond donors (Lipinski definition) is 6. The van der Waals surface area contributed by atoms with Gasteiger partial charge in [-0.2, -0.15) is 0 Å². The number of aromatic nitrogens is 2. The molecule has 2 saturated heterocycles. The number of nitrogens with zero attached hydrogens (tertiary/aromatic N) is 2. The number of carbonyl (C=O) groups excluding carboxylic acids is 3. The normalized spacial score (nSPS) is 21.9. The summed E-state index contributed by atoms with van der Waals surface area (Å²) < 4.78 is 51.1. The third kappa shape index (κ3) is 11.3. The Hall–Kier alpha value is -5.71. The predicted molar refractivity (Wildman–Crippen MR) is 217 cm³/mol. The Balaban J connectivity index is 1.19. The van der Waals surface area contributed by atoms with Crippen LogP contribution in [0.15, 0.2) is 57.3 Å². The number of oxime groups is 1. The van der Waals surface area contributed by atoms with Gasteiger partial charge >= 0.3 is 25.5 Å². The van der Waals surface area contributed by atoms with Crippen molar-refractivity contribution in [1.29, 1.82) is 0 Å². The summed E-state index contributed by atoms with van der Waals surface area (Å²) in [7, 11) is -3.67. The van der Waals surface area contributed by atoms with E-state index in [1.807, 2.05) is 0 Å². The average molecular weight is 942 g/mol. The number of benzene rings is 3. The van der Waals surface area contributed by atoms with Crippen LogP contribution in [0.1, 0.15) is 54.4 Å². The van der Waals surface area contributed by atoms with Crippen molar-refractivity contribution in [3.05, 3.63) is 90.2 Å². The fourth-order valence-electron chi connectivity index (χ4n) is 6.55. The maximum Gasteiger partial charge on any atom is 0.472 e. The van der Waals surface area contributed by atoms with E-state index in [4.69, 9.17) is 60.8 Å². The standard InChI is InChI=1S/C38H39Cl2N4O18P/c1-17(45)58-32-8-20(37(61-32)59-18(2)46)15-56-63(53,54)57-16-30-28(62-42-13-24-25(39)10-29(55-3)34(49)33(24)40)11-31(60-30)44-14-21(35(50)43-38(44)52)12-41-36(51)23-9-22-19(7-27(23)48)5-4-6-26(22)47/h4-7,9-10,13-14,20,28,30-32,37,47-49H,8,11-12,15-16H2,1-3H3,(H,41,51)(H,53,54)(H,43,50,52)/b42-13+/t20?,28?,30-,31-,32-,37+/m1/s1. The zero-order valence-electron chi connectivity index (χ0n) is 33.2. The van der Waals surface area contributed by atoms with E-state index in [0.717, 1.165) is 30.8 Å². The Kier molecular flexibility index (Phi) is 14.7. The molecule has 22 nitrogen and oxygen atoms in total. The highest BCUT2D eigenvalue weighted by Gasteiger charge is 2.43.